The van der Waals surface area contributed by atoms with E-state index >= 15 is 0 Å². The van der Waals surface area contributed by atoms with Gasteiger partial charge in [-0.2, -0.15) is 0 Å². The number of nitrogens with two attached hydrogens (primary N) is 1. The smallest absolute Gasteiger partial charge is 0.165 e. The van der Waals surface area contributed by atoms with Gasteiger partial charge in [0.2, 0.25) is 0 Å². The third kappa shape index (κ3) is 4.05. The van der Waals surface area contributed by atoms with E-state index in [0.29, 0.717) is 6.42 Å². The Morgan fingerprint density at radius 2 is 1.86 bits per heavy atom. The van der Waals surface area contributed by atoms with E-state index in [1.807, 2.05) is 6.07 Å². The summed E-state index contributed by atoms with van der Waals surface area (Å²) in [6, 6.07) is 11.4. The molecule has 0 aliphatic carbocycles. The predicted molar refractivity (Wildman–Crippen MR) is 84.3 cm³/mol. The maximum absolute atomic E-state index is 13.7. The highest BCUT2D eigenvalue weighted by Gasteiger charge is 2.10. The first-order chi connectivity index (χ1) is 9.99. The van der Waals surface area contributed by atoms with Crippen LogP contribution in [0.1, 0.15) is 22.3 Å². The van der Waals surface area contributed by atoms with Crippen molar-refractivity contribution in [2.75, 3.05) is 7.11 Å². The lowest BCUT2D eigenvalue weighted by Crippen LogP contribution is -2.26. The van der Waals surface area contributed by atoms with Gasteiger partial charge in [0.15, 0.2) is 11.6 Å². The van der Waals surface area contributed by atoms with Gasteiger partial charge in [0.1, 0.15) is 0 Å². The second-order valence-electron chi connectivity index (χ2n) is 5.57. The molecule has 0 aliphatic heterocycles. The van der Waals surface area contributed by atoms with Crippen LogP contribution >= 0.6 is 0 Å². The van der Waals surface area contributed by atoms with Gasteiger partial charge in [0, 0.05) is 6.04 Å². The molecule has 0 heterocycles. The van der Waals surface area contributed by atoms with Crippen molar-refractivity contribution in [1.29, 1.82) is 0 Å². The maximum Gasteiger partial charge on any atom is 0.165 e. The van der Waals surface area contributed by atoms with Crippen LogP contribution in [-0.4, -0.2) is 13.2 Å². The van der Waals surface area contributed by atoms with Gasteiger partial charge in [0.05, 0.1) is 7.11 Å². The van der Waals surface area contributed by atoms with E-state index in [4.69, 9.17) is 10.5 Å². The molecule has 2 N–H and O–H groups in total. The van der Waals surface area contributed by atoms with E-state index in [2.05, 4.69) is 32.0 Å². The van der Waals surface area contributed by atoms with Crippen LogP contribution in [0.5, 0.6) is 5.75 Å². The number of aryl methyl sites for hydroxylation is 2. The highest BCUT2D eigenvalue weighted by Crippen LogP contribution is 2.19. The molecule has 0 aliphatic rings. The SMILES string of the molecule is COc1ccc(CC(N)Cc2cc(C)ccc2C)cc1F. The molecular weight excluding hydrogens is 265 g/mol. The lowest BCUT2D eigenvalue weighted by molar-refractivity contribution is 0.386. The normalized spacial score (nSPS) is 12.2. The molecule has 0 spiro atoms. The highest BCUT2D eigenvalue weighted by atomic mass is 19.1. The lowest BCUT2D eigenvalue weighted by atomic mass is 9.95. The number of benzene rings is 2. The summed E-state index contributed by atoms with van der Waals surface area (Å²) in [5.74, 6) is -0.0733. The van der Waals surface area contributed by atoms with Crippen LogP contribution in [0.2, 0.25) is 0 Å². The van der Waals surface area contributed by atoms with E-state index < -0.39 is 0 Å². The van der Waals surface area contributed by atoms with Crippen molar-refractivity contribution in [3.63, 3.8) is 0 Å². The van der Waals surface area contributed by atoms with Crippen LogP contribution in [0.3, 0.4) is 0 Å². The second-order valence-corrected chi connectivity index (χ2v) is 5.57. The zero-order chi connectivity index (χ0) is 15.4. The molecule has 2 rings (SSSR count). The Balaban J connectivity index is 2.06. The Kier molecular flexibility index (Phi) is 4.97. The van der Waals surface area contributed by atoms with Crippen LogP contribution < -0.4 is 10.5 Å². The van der Waals surface area contributed by atoms with Crippen molar-refractivity contribution in [3.05, 3.63) is 64.5 Å². The first-order valence-electron chi connectivity index (χ1n) is 7.13. The topological polar surface area (TPSA) is 35.2 Å². The summed E-state index contributed by atoms with van der Waals surface area (Å²) in [7, 11) is 1.46. The molecule has 1 atom stereocenters. The van der Waals surface area contributed by atoms with Crippen LogP contribution in [-0.2, 0) is 12.8 Å². The molecule has 0 amide bonds. The lowest BCUT2D eigenvalue weighted by Gasteiger charge is -2.15. The molecule has 0 saturated heterocycles. The van der Waals surface area contributed by atoms with E-state index in [9.17, 15) is 4.39 Å². The minimum atomic E-state index is -0.339. The molecule has 21 heavy (non-hydrogen) atoms. The monoisotopic (exact) mass is 287 g/mol. The fourth-order valence-electron chi connectivity index (χ4n) is 2.51. The van der Waals surface area contributed by atoms with Gasteiger partial charge in [0.25, 0.3) is 0 Å². The largest absolute Gasteiger partial charge is 0.494 e. The Morgan fingerprint density at radius 3 is 2.52 bits per heavy atom. The van der Waals surface area contributed by atoms with Crippen molar-refractivity contribution in [2.45, 2.75) is 32.7 Å². The maximum atomic E-state index is 13.7. The summed E-state index contributed by atoms with van der Waals surface area (Å²) in [6.07, 6.45) is 1.44. The molecule has 2 nitrogen and oxygen atoms in total. The number of methoxy groups -OCH3 is 1. The van der Waals surface area contributed by atoms with Gasteiger partial charge >= 0.3 is 0 Å². The van der Waals surface area contributed by atoms with Crippen molar-refractivity contribution in [3.8, 4) is 5.75 Å². The summed E-state index contributed by atoms with van der Waals surface area (Å²) >= 11 is 0. The van der Waals surface area contributed by atoms with Crippen molar-refractivity contribution in [1.82, 2.24) is 0 Å². The second kappa shape index (κ2) is 6.72. The predicted octanol–water partition coefficient (Wildman–Crippen LogP) is 3.56. The summed E-state index contributed by atoms with van der Waals surface area (Å²) < 4.78 is 18.6. The number of rotatable bonds is 5. The molecular formula is C18H22FNO. The number of ether oxygens (including phenoxy) is 1. The van der Waals surface area contributed by atoms with Crippen molar-refractivity contribution in [2.24, 2.45) is 5.73 Å². The molecule has 0 aromatic heterocycles. The Morgan fingerprint density at radius 1 is 1.10 bits per heavy atom. The molecule has 112 valence electrons. The average molecular weight is 287 g/mol. The quantitative estimate of drug-likeness (QED) is 0.912. The average Bonchev–Trinajstić information content (AvgIpc) is 2.43. The van der Waals surface area contributed by atoms with Gasteiger partial charge < -0.3 is 10.5 Å². The Hall–Kier alpha value is -1.87. The molecule has 0 radical (unpaired) electrons. The van der Waals surface area contributed by atoms with E-state index in [1.54, 1.807) is 6.07 Å². The molecule has 1 unspecified atom stereocenters. The Bertz CT molecular complexity index is 625. The third-order valence-electron chi connectivity index (χ3n) is 3.70. The van der Waals surface area contributed by atoms with Crippen LogP contribution in [0.4, 0.5) is 4.39 Å². The van der Waals surface area contributed by atoms with E-state index in [-0.39, 0.29) is 17.6 Å². The Labute approximate surface area is 125 Å². The van der Waals surface area contributed by atoms with Crippen molar-refractivity contribution >= 4 is 0 Å². The number of halogens is 1. The minimum absolute atomic E-state index is 0.0294. The first kappa shape index (κ1) is 15.5. The van der Waals surface area contributed by atoms with Gasteiger partial charge in [-0.05, 0) is 55.5 Å². The van der Waals surface area contributed by atoms with Gasteiger partial charge in [-0.3, -0.25) is 0 Å². The number of hydrogen-bond donors (Lipinski definition) is 1. The standard InChI is InChI=1S/C18H22FNO/c1-12-4-5-13(2)15(8-12)11-16(20)9-14-6-7-18(21-3)17(19)10-14/h4-8,10,16H,9,11,20H2,1-3H3. The van der Waals surface area contributed by atoms with Gasteiger partial charge in [-0.1, -0.05) is 29.8 Å². The van der Waals surface area contributed by atoms with Crippen LogP contribution in [0.25, 0.3) is 0 Å². The summed E-state index contributed by atoms with van der Waals surface area (Å²) in [5, 5.41) is 0. The summed E-state index contributed by atoms with van der Waals surface area (Å²) in [4.78, 5) is 0. The third-order valence-corrected chi connectivity index (χ3v) is 3.70. The van der Waals surface area contributed by atoms with E-state index in [1.165, 1.54) is 29.9 Å². The van der Waals surface area contributed by atoms with Gasteiger partial charge in [-0.15, -0.1) is 0 Å². The molecule has 2 aromatic carbocycles. The van der Waals surface area contributed by atoms with E-state index in [0.717, 1.165) is 12.0 Å². The minimum Gasteiger partial charge on any atom is -0.494 e. The summed E-state index contributed by atoms with van der Waals surface area (Å²) in [6.45, 7) is 4.17. The first-order valence-corrected chi connectivity index (χ1v) is 7.13. The number of hydrogen-bond acceptors (Lipinski definition) is 2. The van der Waals surface area contributed by atoms with Crippen LogP contribution in [0.15, 0.2) is 36.4 Å². The van der Waals surface area contributed by atoms with Crippen molar-refractivity contribution < 1.29 is 9.13 Å². The zero-order valence-corrected chi connectivity index (χ0v) is 12.8. The molecule has 0 bridgehead atoms. The fraction of sp³-hybridized carbons (Fsp3) is 0.333. The molecule has 2 aromatic rings. The zero-order valence-electron chi connectivity index (χ0n) is 12.8. The molecule has 3 heteroatoms. The van der Waals surface area contributed by atoms with Crippen LogP contribution in [0, 0.1) is 19.7 Å². The van der Waals surface area contributed by atoms with Gasteiger partial charge in [-0.25, -0.2) is 4.39 Å². The fourth-order valence-corrected chi connectivity index (χ4v) is 2.51. The summed E-state index contributed by atoms with van der Waals surface area (Å²) in [5.41, 5.74) is 10.9. The highest BCUT2D eigenvalue weighted by molar-refractivity contribution is 5.32. The molecule has 0 saturated carbocycles. The molecule has 0 fully saturated rings.